The average Bonchev–Trinajstić information content (AvgIpc) is 2.74. The lowest BCUT2D eigenvalue weighted by Crippen LogP contribution is -2.39. The second kappa shape index (κ2) is 3.29. The minimum atomic E-state index is -0.743. The SMILES string of the molecule is CC#CCC1(C(=O)O)CC2CCC1O2. The first-order valence-corrected chi connectivity index (χ1v) is 4.97. The van der Waals surface area contributed by atoms with E-state index in [9.17, 15) is 9.90 Å². The Kier molecular flexibility index (Phi) is 2.24. The van der Waals surface area contributed by atoms with Gasteiger partial charge in [-0.2, -0.15) is 0 Å². The summed E-state index contributed by atoms with van der Waals surface area (Å²) < 4.78 is 5.60. The van der Waals surface area contributed by atoms with E-state index in [0.717, 1.165) is 12.8 Å². The summed E-state index contributed by atoms with van der Waals surface area (Å²) in [7, 11) is 0. The van der Waals surface area contributed by atoms with E-state index in [-0.39, 0.29) is 12.2 Å². The number of carboxylic acids is 1. The topological polar surface area (TPSA) is 46.5 Å². The molecule has 2 fully saturated rings. The third kappa shape index (κ3) is 1.22. The van der Waals surface area contributed by atoms with Crippen molar-refractivity contribution >= 4 is 5.97 Å². The third-order valence-electron chi connectivity index (χ3n) is 3.32. The van der Waals surface area contributed by atoms with Gasteiger partial charge in [-0.15, -0.1) is 11.8 Å². The van der Waals surface area contributed by atoms with Gasteiger partial charge in [0.2, 0.25) is 0 Å². The fraction of sp³-hybridized carbons (Fsp3) is 0.727. The Morgan fingerprint density at radius 2 is 2.43 bits per heavy atom. The normalized spacial score (nSPS) is 39.2. The van der Waals surface area contributed by atoms with Crippen LogP contribution in [0.2, 0.25) is 0 Å². The van der Waals surface area contributed by atoms with Crippen molar-refractivity contribution < 1.29 is 14.6 Å². The highest BCUT2D eigenvalue weighted by Crippen LogP contribution is 2.49. The van der Waals surface area contributed by atoms with Crippen molar-refractivity contribution in [1.29, 1.82) is 0 Å². The smallest absolute Gasteiger partial charge is 0.313 e. The molecule has 3 nitrogen and oxygen atoms in total. The summed E-state index contributed by atoms with van der Waals surface area (Å²) in [6.45, 7) is 1.74. The Balaban J connectivity index is 2.22. The number of carboxylic acid groups (broad SMARTS) is 1. The van der Waals surface area contributed by atoms with Crippen LogP contribution in [0.3, 0.4) is 0 Å². The maximum atomic E-state index is 11.3. The number of aliphatic carboxylic acids is 1. The molecule has 0 aromatic heterocycles. The van der Waals surface area contributed by atoms with E-state index < -0.39 is 11.4 Å². The van der Waals surface area contributed by atoms with Crippen molar-refractivity contribution in [2.24, 2.45) is 5.41 Å². The Morgan fingerprint density at radius 1 is 1.64 bits per heavy atom. The van der Waals surface area contributed by atoms with Crippen molar-refractivity contribution in [2.45, 2.75) is 44.8 Å². The van der Waals surface area contributed by atoms with E-state index in [1.54, 1.807) is 6.92 Å². The van der Waals surface area contributed by atoms with Gasteiger partial charge in [-0.1, -0.05) is 0 Å². The zero-order chi connectivity index (χ0) is 10.2. The van der Waals surface area contributed by atoms with Crippen LogP contribution >= 0.6 is 0 Å². The van der Waals surface area contributed by atoms with Gasteiger partial charge in [-0.3, -0.25) is 4.79 Å². The molecule has 0 saturated carbocycles. The first kappa shape index (κ1) is 9.54. The Hall–Kier alpha value is -1.01. The molecule has 0 aromatic carbocycles. The molecule has 76 valence electrons. The summed E-state index contributed by atoms with van der Waals surface area (Å²) in [5.74, 6) is 4.91. The Labute approximate surface area is 83.4 Å². The lowest BCUT2D eigenvalue weighted by atomic mass is 9.72. The molecular weight excluding hydrogens is 180 g/mol. The van der Waals surface area contributed by atoms with Gasteiger partial charge in [0.1, 0.15) is 5.41 Å². The molecular formula is C11H14O3. The summed E-state index contributed by atoms with van der Waals surface area (Å²) in [5.41, 5.74) is -0.716. The molecule has 0 amide bonds. The van der Waals surface area contributed by atoms with Gasteiger partial charge in [0.05, 0.1) is 12.2 Å². The molecule has 2 bridgehead atoms. The van der Waals surface area contributed by atoms with Crippen LogP contribution in [-0.4, -0.2) is 23.3 Å². The fourth-order valence-corrected chi connectivity index (χ4v) is 2.53. The fourth-order valence-electron chi connectivity index (χ4n) is 2.53. The Bertz CT molecular complexity index is 312. The van der Waals surface area contributed by atoms with Crippen LogP contribution in [0.5, 0.6) is 0 Å². The molecule has 2 saturated heterocycles. The van der Waals surface area contributed by atoms with E-state index in [4.69, 9.17) is 4.74 Å². The lowest BCUT2D eigenvalue weighted by molar-refractivity contribution is -0.151. The van der Waals surface area contributed by atoms with Crippen molar-refractivity contribution in [3.05, 3.63) is 0 Å². The van der Waals surface area contributed by atoms with Gasteiger partial charge >= 0.3 is 5.97 Å². The van der Waals surface area contributed by atoms with Crippen LogP contribution in [0.25, 0.3) is 0 Å². The van der Waals surface area contributed by atoms with Gasteiger partial charge in [0.15, 0.2) is 0 Å². The summed E-state index contributed by atoms with van der Waals surface area (Å²) >= 11 is 0. The number of fused-ring (bicyclic) bond motifs is 2. The van der Waals surface area contributed by atoms with Crippen molar-refractivity contribution in [3.63, 3.8) is 0 Å². The second-order valence-electron chi connectivity index (χ2n) is 4.09. The first-order chi connectivity index (χ1) is 6.69. The summed E-state index contributed by atoms with van der Waals surface area (Å²) in [6, 6.07) is 0. The molecule has 0 aromatic rings. The zero-order valence-corrected chi connectivity index (χ0v) is 8.25. The Morgan fingerprint density at radius 3 is 2.86 bits per heavy atom. The van der Waals surface area contributed by atoms with Crippen molar-refractivity contribution in [1.82, 2.24) is 0 Å². The van der Waals surface area contributed by atoms with Crippen LogP contribution in [0, 0.1) is 17.3 Å². The molecule has 0 radical (unpaired) electrons. The van der Waals surface area contributed by atoms with Crippen molar-refractivity contribution in [3.8, 4) is 11.8 Å². The van der Waals surface area contributed by atoms with E-state index in [1.165, 1.54) is 0 Å². The molecule has 2 aliphatic heterocycles. The molecule has 0 spiro atoms. The van der Waals surface area contributed by atoms with Crippen LogP contribution in [-0.2, 0) is 9.53 Å². The lowest BCUT2D eigenvalue weighted by Gasteiger charge is -2.28. The van der Waals surface area contributed by atoms with E-state index in [2.05, 4.69) is 11.8 Å². The van der Waals surface area contributed by atoms with Crippen LogP contribution in [0.4, 0.5) is 0 Å². The average molecular weight is 194 g/mol. The molecule has 3 unspecified atom stereocenters. The van der Waals surface area contributed by atoms with E-state index in [1.807, 2.05) is 0 Å². The standard InChI is InChI=1S/C11H14O3/c1-2-3-6-11(10(12)13)7-8-4-5-9(11)14-8/h8-9H,4-7H2,1H3,(H,12,13). The number of carbonyl (C=O) groups is 1. The summed E-state index contributed by atoms with van der Waals surface area (Å²) in [6.07, 6.45) is 3.02. The molecule has 2 heterocycles. The highest BCUT2D eigenvalue weighted by Gasteiger charge is 2.56. The van der Waals surface area contributed by atoms with Gasteiger partial charge < -0.3 is 9.84 Å². The van der Waals surface area contributed by atoms with Crippen molar-refractivity contribution in [2.75, 3.05) is 0 Å². The molecule has 1 N–H and O–H groups in total. The predicted molar refractivity (Wildman–Crippen MR) is 50.6 cm³/mol. The summed E-state index contributed by atoms with van der Waals surface area (Å²) in [4.78, 5) is 11.3. The quantitative estimate of drug-likeness (QED) is 0.676. The molecule has 0 aliphatic carbocycles. The molecule has 2 rings (SSSR count). The first-order valence-electron chi connectivity index (χ1n) is 4.97. The highest BCUT2D eigenvalue weighted by molar-refractivity contribution is 5.76. The molecule has 2 aliphatic rings. The van der Waals surface area contributed by atoms with E-state index in [0.29, 0.717) is 12.8 Å². The van der Waals surface area contributed by atoms with E-state index >= 15 is 0 Å². The van der Waals surface area contributed by atoms with Crippen LogP contribution in [0.1, 0.15) is 32.6 Å². The number of hydrogen-bond acceptors (Lipinski definition) is 2. The number of rotatable bonds is 2. The largest absolute Gasteiger partial charge is 0.481 e. The van der Waals surface area contributed by atoms with Crippen LogP contribution < -0.4 is 0 Å². The molecule has 3 heteroatoms. The maximum Gasteiger partial charge on any atom is 0.313 e. The highest BCUT2D eigenvalue weighted by atomic mass is 16.5. The third-order valence-corrected chi connectivity index (χ3v) is 3.32. The zero-order valence-electron chi connectivity index (χ0n) is 8.25. The van der Waals surface area contributed by atoms with Gasteiger partial charge in [0.25, 0.3) is 0 Å². The maximum absolute atomic E-state index is 11.3. The van der Waals surface area contributed by atoms with Gasteiger partial charge in [0, 0.05) is 6.42 Å². The molecule has 14 heavy (non-hydrogen) atoms. The van der Waals surface area contributed by atoms with Crippen LogP contribution in [0.15, 0.2) is 0 Å². The minimum Gasteiger partial charge on any atom is -0.481 e. The number of ether oxygens (including phenoxy) is 1. The van der Waals surface area contributed by atoms with Gasteiger partial charge in [-0.05, 0) is 26.2 Å². The molecule has 3 atom stereocenters. The second-order valence-corrected chi connectivity index (χ2v) is 4.09. The number of hydrogen-bond donors (Lipinski definition) is 1. The monoisotopic (exact) mass is 194 g/mol. The summed E-state index contributed by atoms with van der Waals surface area (Å²) in [5, 5.41) is 9.26. The predicted octanol–water partition coefficient (Wildman–Crippen LogP) is 1.42. The van der Waals surface area contributed by atoms with Gasteiger partial charge in [-0.25, -0.2) is 0 Å². The minimum absolute atomic E-state index is 0.106.